The predicted octanol–water partition coefficient (Wildman–Crippen LogP) is 4.63. The molecule has 2 aromatic rings. The van der Waals surface area contributed by atoms with Gasteiger partial charge in [0.05, 0.1) is 35.5 Å². The Hall–Kier alpha value is -2.09. The van der Waals surface area contributed by atoms with Gasteiger partial charge in [0.1, 0.15) is 17.6 Å². The Morgan fingerprint density at radius 1 is 1.00 bits per heavy atom. The zero-order chi connectivity index (χ0) is 15.4. The molecule has 2 rings (SSSR count). The number of ether oxygens (including phenoxy) is 2. The van der Waals surface area contributed by atoms with Crippen LogP contribution in [0.3, 0.4) is 0 Å². The van der Waals surface area contributed by atoms with E-state index in [1.165, 1.54) is 7.11 Å². The van der Waals surface area contributed by atoms with Crippen LogP contribution in [-0.2, 0) is 0 Å². The number of rotatable bonds is 4. The lowest BCUT2D eigenvalue weighted by molar-refractivity contribution is 0.405. The second kappa shape index (κ2) is 6.57. The highest BCUT2D eigenvalue weighted by atomic mass is 35.5. The molecule has 0 spiro atoms. The number of hydrogen-bond acceptors (Lipinski definition) is 4. The van der Waals surface area contributed by atoms with Crippen LogP contribution in [0.2, 0.25) is 10.0 Å². The molecule has 0 bridgehead atoms. The lowest BCUT2D eigenvalue weighted by Gasteiger charge is -2.14. The first kappa shape index (κ1) is 15.3. The van der Waals surface area contributed by atoms with Gasteiger partial charge in [0.2, 0.25) is 0 Å². The summed E-state index contributed by atoms with van der Waals surface area (Å²) < 4.78 is 10.5. The Balaban J connectivity index is 2.39. The maximum Gasteiger partial charge on any atom is 0.144 e. The molecule has 0 radical (unpaired) electrons. The van der Waals surface area contributed by atoms with Crippen LogP contribution in [0.15, 0.2) is 30.3 Å². The summed E-state index contributed by atoms with van der Waals surface area (Å²) in [5.41, 5.74) is 1.82. The average Bonchev–Trinajstić information content (AvgIpc) is 2.48. The van der Waals surface area contributed by atoms with Gasteiger partial charge in [-0.1, -0.05) is 23.2 Å². The molecule has 2 aromatic carbocycles. The van der Waals surface area contributed by atoms with Crippen molar-refractivity contribution in [3.8, 4) is 17.6 Å². The van der Waals surface area contributed by atoms with Gasteiger partial charge in [-0.15, -0.1) is 0 Å². The van der Waals surface area contributed by atoms with Crippen molar-refractivity contribution in [1.29, 1.82) is 5.26 Å². The normalized spacial score (nSPS) is 9.86. The van der Waals surface area contributed by atoms with E-state index in [1.54, 1.807) is 37.4 Å². The van der Waals surface area contributed by atoms with Crippen LogP contribution >= 0.6 is 23.2 Å². The first-order chi connectivity index (χ1) is 10.1. The number of benzene rings is 2. The molecule has 0 atom stereocenters. The Labute approximate surface area is 132 Å². The molecule has 0 aliphatic carbocycles. The van der Waals surface area contributed by atoms with Gasteiger partial charge in [-0.3, -0.25) is 0 Å². The lowest BCUT2D eigenvalue weighted by atomic mass is 10.2. The van der Waals surface area contributed by atoms with Crippen molar-refractivity contribution >= 4 is 34.6 Å². The molecule has 0 amide bonds. The van der Waals surface area contributed by atoms with Gasteiger partial charge in [0.15, 0.2) is 0 Å². The van der Waals surface area contributed by atoms with Crippen LogP contribution < -0.4 is 14.8 Å². The SMILES string of the molecule is COc1cc(Nc2ccc(C#N)c(Cl)c2)c(OC)cc1Cl. The second-order valence-corrected chi connectivity index (χ2v) is 4.93. The van der Waals surface area contributed by atoms with E-state index in [0.29, 0.717) is 32.8 Å². The van der Waals surface area contributed by atoms with Gasteiger partial charge in [-0.05, 0) is 18.2 Å². The number of anilines is 2. The highest BCUT2D eigenvalue weighted by molar-refractivity contribution is 6.32. The van der Waals surface area contributed by atoms with Gasteiger partial charge in [0, 0.05) is 17.8 Å². The summed E-state index contributed by atoms with van der Waals surface area (Å²) >= 11 is 12.1. The van der Waals surface area contributed by atoms with Gasteiger partial charge in [0.25, 0.3) is 0 Å². The molecule has 0 saturated carbocycles. The topological polar surface area (TPSA) is 54.3 Å². The van der Waals surface area contributed by atoms with E-state index in [9.17, 15) is 0 Å². The van der Waals surface area contributed by atoms with Crippen molar-refractivity contribution < 1.29 is 9.47 Å². The van der Waals surface area contributed by atoms with E-state index >= 15 is 0 Å². The number of methoxy groups -OCH3 is 2. The number of nitrogens with zero attached hydrogens (tertiary/aromatic N) is 1. The average molecular weight is 323 g/mol. The molecule has 0 heterocycles. The summed E-state index contributed by atoms with van der Waals surface area (Å²) in [7, 11) is 3.09. The van der Waals surface area contributed by atoms with Crippen molar-refractivity contribution in [2.75, 3.05) is 19.5 Å². The zero-order valence-corrected chi connectivity index (χ0v) is 12.9. The first-order valence-corrected chi connectivity index (χ1v) is 6.72. The minimum atomic E-state index is 0.377. The largest absolute Gasteiger partial charge is 0.495 e. The van der Waals surface area contributed by atoms with E-state index in [1.807, 2.05) is 6.07 Å². The van der Waals surface area contributed by atoms with Crippen molar-refractivity contribution in [2.24, 2.45) is 0 Å². The monoisotopic (exact) mass is 322 g/mol. The van der Waals surface area contributed by atoms with E-state index < -0.39 is 0 Å². The third-order valence-electron chi connectivity index (χ3n) is 2.84. The Morgan fingerprint density at radius 3 is 2.29 bits per heavy atom. The van der Waals surface area contributed by atoms with Gasteiger partial charge in [-0.25, -0.2) is 0 Å². The summed E-state index contributed by atoms with van der Waals surface area (Å²) in [4.78, 5) is 0. The van der Waals surface area contributed by atoms with Crippen molar-refractivity contribution in [2.45, 2.75) is 0 Å². The maximum absolute atomic E-state index is 8.87. The van der Waals surface area contributed by atoms with Crippen molar-refractivity contribution in [3.05, 3.63) is 45.9 Å². The number of hydrogen-bond donors (Lipinski definition) is 1. The fraction of sp³-hybridized carbons (Fsp3) is 0.133. The summed E-state index contributed by atoms with van der Waals surface area (Å²) in [5, 5.41) is 12.9. The smallest absolute Gasteiger partial charge is 0.144 e. The molecule has 0 aliphatic rings. The third-order valence-corrected chi connectivity index (χ3v) is 3.45. The van der Waals surface area contributed by atoms with E-state index in [2.05, 4.69) is 5.32 Å². The van der Waals surface area contributed by atoms with Crippen LogP contribution in [-0.4, -0.2) is 14.2 Å². The molecule has 6 heteroatoms. The van der Waals surface area contributed by atoms with Crippen molar-refractivity contribution in [1.82, 2.24) is 0 Å². The zero-order valence-electron chi connectivity index (χ0n) is 11.4. The van der Waals surface area contributed by atoms with Crippen LogP contribution in [0.4, 0.5) is 11.4 Å². The van der Waals surface area contributed by atoms with E-state index in [-0.39, 0.29) is 0 Å². The molecule has 0 saturated heterocycles. The first-order valence-electron chi connectivity index (χ1n) is 5.97. The lowest BCUT2D eigenvalue weighted by Crippen LogP contribution is -1.97. The Morgan fingerprint density at radius 2 is 1.71 bits per heavy atom. The quantitative estimate of drug-likeness (QED) is 0.891. The van der Waals surface area contributed by atoms with Crippen LogP contribution in [0.1, 0.15) is 5.56 Å². The maximum atomic E-state index is 8.87. The van der Waals surface area contributed by atoms with E-state index in [0.717, 1.165) is 5.69 Å². The summed E-state index contributed by atoms with van der Waals surface area (Å²) in [6, 6.07) is 10.5. The fourth-order valence-electron chi connectivity index (χ4n) is 1.80. The second-order valence-electron chi connectivity index (χ2n) is 4.12. The number of halogens is 2. The van der Waals surface area contributed by atoms with E-state index in [4.69, 9.17) is 37.9 Å². The molecule has 0 fully saturated rings. The highest BCUT2D eigenvalue weighted by Gasteiger charge is 2.11. The molecule has 108 valence electrons. The summed E-state index contributed by atoms with van der Waals surface area (Å²) in [5.74, 6) is 1.10. The standard InChI is InChI=1S/C15H12Cl2N2O2/c1-20-14-7-13(15(21-2)6-12(14)17)19-10-4-3-9(8-18)11(16)5-10/h3-7,19H,1-2H3. The summed E-state index contributed by atoms with van der Waals surface area (Å²) in [6.45, 7) is 0. The molecule has 0 aromatic heterocycles. The molecule has 4 nitrogen and oxygen atoms in total. The van der Waals surface area contributed by atoms with Crippen LogP contribution in [0, 0.1) is 11.3 Å². The Bertz CT molecular complexity index is 712. The number of nitriles is 1. The predicted molar refractivity (Wildman–Crippen MR) is 84.0 cm³/mol. The molecule has 1 N–H and O–H groups in total. The molecular weight excluding hydrogens is 311 g/mol. The molecule has 0 unspecified atom stereocenters. The highest BCUT2D eigenvalue weighted by Crippen LogP contribution is 2.37. The van der Waals surface area contributed by atoms with Crippen molar-refractivity contribution in [3.63, 3.8) is 0 Å². The van der Waals surface area contributed by atoms with Gasteiger partial charge >= 0.3 is 0 Å². The molecule has 21 heavy (non-hydrogen) atoms. The summed E-state index contributed by atoms with van der Waals surface area (Å²) in [6.07, 6.45) is 0. The fourth-order valence-corrected chi connectivity index (χ4v) is 2.25. The minimum Gasteiger partial charge on any atom is -0.495 e. The van der Waals surface area contributed by atoms with Crippen LogP contribution in [0.5, 0.6) is 11.5 Å². The minimum absolute atomic E-state index is 0.377. The van der Waals surface area contributed by atoms with Gasteiger partial charge < -0.3 is 14.8 Å². The molecular formula is C15H12Cl2N2O2. The van der Waals surface area contributed by atoms with Gasteiger partial charge in [-0.2, -0.15) is 5.26 Å². The number of nitrogens with one attached hydrogen (secondary N) is 1. The third kappa shape index (κ3) is 3.33. The Kier molecular flexibility index (Phi) is 4.79. The molecule has 0 aliphatic heterocycles. The van der Waals surface area contributed by atoms with Crippen LogP contribution in [0.25, 0.3) is 0 Å².